The lowest BCUT2D eigenvalue weighted by Crippen LogP contribution is -2.58. The maximum Gasteiger partial charge on any atom is 0.0769 e. The summed E-state index contributed by atoms with van der Waals surface area (Å²) in [6.45, 7) is 9.88. The van der Waals surface area contributed by atoms with Crippen molar-refractivity contribution < 1.29 is 0 Å². The molecule has 0 saturated carbocycles. The molecule has 1 saturated heterocycles. The second-order valence-electron chi connectivity index (χ2n) is 4.72. The lowest BCUT2D eigenvalue weighted by atomic mass is 9.98. The van der Waals surface area contributed by atoms with Gasteiger partial charge in [0.25, 0.3) is 0 Å². The lowest BCUT2D eigenvalue weighted by molar-refractivity contribution is 0.0351. The summed E-state index contributed by atoms with van der Waals surface area (Å²) in [7, 11) is 2.18. The number of piperazine rings is 1. The summed E-state index contributed by atoms with van der Waals surface area (Å²) in [6.07, 6.45) is 6.76. The van der Waals surface area contributed by atoms with Crippen LogP contribution in [-0.2, 0) is 0 Å². The van der Waals surface area contributed by atoms with Crippen molar-refractivity contribution in [3.8, 4) is 12.3 Å². The Labute approximate surface area is 88.3 Å². The minimum absolute atomic E-state index is 0.0953. The van der Waals surface area contributed by atoms with Crippen LogP contribution in [0.25, 0.3) is 0 Å². The molecule has 0 aliphatic carbocycles. The van der Waals surface area contributed by atoms with Crippen molar-refractivity contribution in [2.24, 2.45) is 0 Å². The minimum Gasteiger partial charge on any atom is -0.304 e. The van der Waals surface area contributed by atoms with Gasteiger partial charge in [-0.15, -0.1) is 6.42 Å². The maximum absolute atomic E-state index is 5.58. The van der Waals surface area contributed by atoms with Crippen molar-refractivity contribution in [2.45, 2.75) is 38.8 Å². The van der Waals surface area contributed by atoms with Crippen LogP contribution in [0.3, 0.4) is 0 Å². The Kier molecular flexibility index (Phi) is 3.58. The van der Waals surface area contributed by atoms with Crippen LogP contribution in [0.4, 0.5) is 0 Å². The smallest absolute Gasteiger partial charge is 0.0769 e. The summed E-state index contributed by atoms with van der Waals surface area (Å²) >= 11 is 0. The third-order valence-corrected chi connectivity index (χ3v) is 3.23. The molecule has 1 unspecified atom stereocenters. The van der Waals surface area contributed by atoms with Gasteiger partial charge in [0.1, 0.15) is 0 Å². The van der Waals surface area contributed by atoms with Gasteiger partial charge in [-0.2, -0.15) is 0 Å². The van der Waals surface area contributed by atoms with Gasteiger partial charge < -0.3 is 4.90 Å². The van der Waals surface area contributed by atoms with Gasteiger partial charge in [0.2, 0.25) is 0 Å². The average molecular weight is 194 g/mol. The summed E-state index contributed by atoms with van der Waals surface area (Å²) in [5.41, 5.74) is -0.0953. The van der Waals surface area contributed by atoms with Crippen molar-refractivity contribution in [2.75, 3.05) is 26.7 Å². The zero-order chi connectivity index (χ0) is 10.8. The number of terminal acetylenes is 1. The Bertz CT molecular complexity index is 227. The van der Waals surface area contributed by atoms with E-state index in [9.17, 15) is 0 Å². The highest BCUT2D eigenvalue weighted by atomic mass is 15.3. The SMILES string of the molecule is C#CC(C)(C)N1CCN(C)CC1CC. The van der Waals surface area contributed by atoms with Crippen molar-refractivity contribution in [3.63, 3.8) is 0 Å². The van der Waals surface area contributed by atoms with Gasteiger partial charge in [-0.3, -0.25) is 4.90 Å². The van der Waals surface area contributed by atoms with Crippen molar-refractivity contribution >= 4 is 0 Å². The molecule has 0 aromatic heterocycles. The predicted molar refractivity (Wildman–Crippen MR) is 61.2 cm³/mol. The monoisotopic (exact) mass is 194 g/mol. The van der Waals surface area contributed by atoms with Crippen LogP contribution < -0.4 is 0 Å². The highest BCUT2D eigenvalue weighted by Crippen LogP contribution is 2.22. The highest BCUT2D eigenvalue weighted by Gasteiger charge is 2.33. The Balaban J connectivity index is 2.73. The molecule has 1 aliphatic heterocycles. The molecular weight excluding hydrogens is 172 g/mol. The van der Waals surface area contributed by atoms with Crippen LogP contribution >= 0.6 is 0 Å². The lowest BCUT2D eigenvalue weighted by Gasteiger charge is -2.46. The molecular formula is C12H22N2. The van der Waals surface area contributed by atoms with Crippen molar-refractivity contribution in [1.29, 1.82) is 0 Å². The predicted octanol–water partition coefficient (Wildman–Crippen LogP) is 1.42. The summed E-state index contributed by atoms with van der Waals surface area (Å²) in [5, 5.41) is 0. The van der Waals surface area contributed by atoms with Crippen LogP contribution in [0.5, 0.6) is 0 Å². The quantitative estimate of drug-likeness (QED) is 0.614. The largest absolute Gasteiger partial charge is 0.304 e. The third-order valence-electron chi connectivity index (χ3n) is 3.23. The van der Waals surface area contributed by atoms with E-state index in [1.54, 1.807) is 0 Å². The second kappa shape index (κ2) is 4.33. The first-order valence-corrected chi connectivity index (χ1v) is 5.44. The minimum atomic E-state index is -0.0953. The van der Waals surface area contributed by atoms with E-state index in [1.165, 1.54) is 6.42 Å². The Morgan fingerprint density at radius 2 is 2.07 bits per heavy atom. The maximum atomic E-state index is 5.58. The van der Waals surface area contributed by atoms with Gasteiger partial charge in [0, 0.05) is 25.7 Å². The summed E-state index contributed by atoms with van der Waals surface area (Å²) in [5.74, 6) is 2.90. The van der Waals surface area contributed by atoms with E-state index in [1.807, 2.05) is 0 Å². The summed E-state index contributed by atoms with van der Waals surface area (Å²) in [4.78, 5) is 4.85. The van der Waals surface area contributed by atoms with E-state index < -0.39 is 0 Å². The highest BCUT2D eigenvalue weighted by molar-refractivity contribution is 5.10. The van der Waals surface area contributed by atoms with Crippen LogP contribution in [0.2, 0.25) is 0 Å². The first-order chi connectivity index (χ1) is 6.51. The molecule has 0 amide bonds. The zero-order valence-electron chi connectivity index (χ0n) is 9.88. The first-order valence-electron chi connectivity index (χ1n) is 5.44. The van der Waals surface area contributed by atoms with E-state index in [0.717, 1.165) is 19.6 Å². The van der Waals surface area contributed by atoms with E-state index in [-0.39, 0.29) is 5.54 Å². The van der Waals surface area contributed by atoms with E-state index in [0.29, 0.717) is 6.04 Å². The molecule has 1 fully saturated rings. The molecule has 1 aliphatic rings. The number of nitrogens with zero attached hydrogens (tertiary/aromatic N) is 2. The van der Waals surface area contributed by atoms with Crippen LogP contribution in [0.1, 0.15) is 27.2 Å². The molecule has 0 spiro atoms. The molecule has 0 radical (unpaired) electrons. The molecule has 14 heavy (non-hydrogen) atoms. The summed E-state index contributed by atoms with van der Waals surface area (Å²) < 4.78 is 0. The van der Waals surface area contributed by atoms with Crippen molar-refractivity contribution in [1.82, 2.24) is 9.80 Å². The fraction of sp³-hybridized carbons (Fsp3) is 0.833. The Morgan fingerprint density at radius 3 is 2.57 bits per heavy atom. The van der Waals surface area contributed by atoms with Crippen molar-refractivity contribution in [3.05, 3.63) is 0 Å². The Morgan fingerprint density at radius 1 is 1.43 bits per heavy atom. The van der Waals surface area contributed by atoms with Gasteiger partial charge in [-0.05, 0) is 27.3 Å². The number of likely N-dealkylation sites (N-methyl/N-ethyl adjacent to an activating group) is 1. The molecule has 1 atom stereocenters. The zero-order valence-corrected chi connectivity index (χ0v) is 9.88. The van der Waals surface area contributed by atoms with Crippen LogP contribution in [-0.4, -0.2) is 48.1 Å². The van der Waals surface area contributed by atoms with E-state index in [4.69, 9.17) is 6.42 Å². The number of rotatable bonds is 2. The van der Waals surface area contributed by atoms with Crippen LogP contribution in [0.15, 0.2) is 0 Å². The third kappa shape index (κ3) is 2.29. The number of hydrogen-bond donors (Lipinski definition) is 0. The van der Waals surface area contributed by atoms with E-state index in [2.05, 4.69) is 43.5 Å². The van der Waals surface area contributed by atoms with Gasteiger partial charge in [0.05, 0.1) is 5.54 Å². The van der Waals surface area contributed by atoms with Gasteiger partial charge in [0.15, 0.2) is 0 Å². The topological polar surface area (TPSA) is 6.48 Å². The molecule has 0 bridgehead atoms. The molecule has 80 valence electrons. The standard InChI is InChI=1S/C12H22N2/c1-6-11-10-13(5)8-9-14(11)12(3,4)7-2/h2,11H,6,8-10H2,1,3-5H3. The average Bonchev–Trinajstić information content (AvgIpc) is 2.17. The first kappa shape index (κ1) is 11.6. The second-order valence-corrected chi connectivity index (χ2v) is 4.72. The molecule has 1 rings (SSSR count). The normalized spacial score (nSPS) is 26.1. The molecule has 0 aromatic carbocycles. The molecule has 0 aromatic rings. The summed E-state index contributed by atoms with van der Waals surface area (Å²) in [6, 6.07) is 0.611. The van der Waals surface area contributed by atoms with Gasteiger partial charge in [-0.1, -0.05) is 12.8 Å². The molecule has 1 heterocycles. The van der Waals surface area contributed by atoms with Gasteiger partial charge >= 0.3 is 0 Å². The van der Waals surface area contributed by atoms with Crippen LogP contribution in [0, 0.1) is 12.3 Å². The molecule has 2 nitrogen and oxygen atoms in total. The fourth-order valence-corrected chi connectivity index (χ4v) is 2.18. The molecule has 0 N–H and O–H groups in total. The van der Waals surface area contributed by atoms with E-state index >= 15 is 0 Å². The fourth-order valence-electron chi connectivity index (χ4n) is 2.18. The Hall–Kier alpha value is -0.520. The molecule has 2 heteroatoms. The van der Waals surface area contributed by atoms with Gasteiger partial charge in [-0.25, -0.2) is 0 Å². The number of hydrogen-bond acceptors (Lipinski definition) is 2.